The Kier molecular flexibility index (Phi) is 6.79. The van der Waals surface area contributed by atoms with Gasteiger partial charge in [0.2, 0.25) is 5.91 Å². The van der Waals surface area contributed by atoms with Crippen LogP contribution in [0.25, 0.3) is 0 Å². The van der Waals surface area contributed by atoms with Gasteiger partial charge in [-0.1, -0.05) is 41.6 Å². The molecule has 2 aromatic rings. The van der Waals surface area contributed by atoms with Gasteiger partial charge in [-0.25, -0.2) is 4.79 Å². The monoisotopic (exact) mass is 514 g/mol. The number of nitrogens with zero attached hydrogens (tertiary/aromatic N) is 5. The van der Waals surface area contributed by atoms with Crippen molar-refractivity contribution < 1.29 is 19.5 Å². The lowest BCUT2D eigenvalue weighted by molar-refractivity contribution is -0.151. The number of carboxylic acids is 1. The largest absolute Gasteiger partial charge is 0.477 e. The maximum Gasteiger partial charge on any atom is 0.352 e. The zero-order valence-electron chi connectivity index (χ0n) is 17.0. The molecule has 10 nitrogen and oxygen atoms in total. The molecule has 0 bridgehead atoms. The first kappa shape index (κ1) is 23.1. The average Bonchev–Trinajstić information content (AvgIpc) is 3.36. The SMILES string of the molecule is Cc1nnc(SCC2=C(C(=O)O)N3C(=O)[C@H](NC(=O)[C@H](C)Cn4cc(Cl)cn4)[C@@H]3SC2)s1. The topological polar surface area (TPSA) is 130 Å². The van der Waals surface area contributed by atoms with Crippen LogP contribution in [0.15, 0.2) is 28.0 Å². The number of hydrogen-bond acceptors (Lipinski definition) is 9. The van der Waals surface area contributed by atoms with Crippen molar-refractivity contribution in [2.24, 2.45) is 5.92 Å². The van der Waals surface area contributed by atoms with E-state index in [4.69, 9.17) is 11.6 Å². The summed E-state index contributed by atoms with van der Waals surface area (Å²) in [5.74, 6) is -1.46. The van der Waals surface area contributed by atoms with E-state index in [-0.39, 0.29) is 11.6 Å². The van der Waals surface area contributed by atoms with E-state index in [2.05, 4.69) is 20.6 Å². The van der Waals surface area contributed by atoms with Crippen LogP contribution in [0, 0.1) is 12.8 Å². The number of carbonyl (C=O) groups is 3. The van der Waals surface area contributed by atoms with Gasteiger partial charge in [0.25, 0.3) is 5.91 Å². The van der Waals surface area contributed by atoms with Crippen molar-refractivity contribution in [3.05, 3.63) is 33.7 Å². The molecule has 32 heavy (non-hydrogen) atoms. The highest BCUT2D eigenvalue weighted by Gasteiger charge is 2.54. The van der Waals surface area contributed by atoms with E-state index in [0.717, 1.165) is 9.35 Å². The lowest BCUT2D eigenvalue weighted by atomic mass is 10.0. The second kappa shape index (κ2) is 9.41. The van der Waals surface area contributed by atoms with Crippen LogP contribution >= 0.6 is 46.5 Å². The second-order valence-electron chi connectivity index (χ2n) is 7.31. The highest BCUT2D eigenvalue weighted by molar-refractivity contribution is 8.01. The molecule has 0 aliphatic carbocycles. The molecule has 0 saturated carbocycles. The van der Waals surface area contributed by atoms with Gasteiger partial charge in [-0.05, 0) is 12.5 Å². The summed E-state index contributed by atoms with van der Waals surface area (Å²) in [7, 11) is 0. The fourth-order valence-corrected chi connectivity index (χ4v) is 6.83. The molecule has 3 atom stereocenters. The summed E-state index contributed by atoms with van der Waals surface area (Å²) in [5, 5.41) is 25.4. The third-order valence-corrected chi connectivity index (χ3v) is 8.53. The van der Waals surface area contributed by atoms with Gasteiger partial charge in [-0.2, -0.15) is 5.10 Å². The van der Waals surface area contributed by atoms with Gasteiger partial charge in [-0.15, -0.1) is 22.0 Å². The second-order valence-corrected chi connectivity index (χ2v) is 11.3. The van der Waals surface area contributed by atoms with Crippen LogP contribution < -0.4 is 5.32 Å². The molecular weight excluding hydrogens is 496 g/mol. The van der Waals surface area contributed by atoms with E-state index >= 15 is 0 Å². The molecule has 0 spiro atoms. The molecule has 1 fully saturated rings. The Morgan fingerprint density at radius 1 is 1.44 bits per heavy atom. The lowest BCUT2D eigenvalue weighted by Crippen LogP contribution is -2.71. The molecule has 4 rings (SSSR count). The van der Waals surface area contributed by atoms with Crippen LogP contribution in [0.4, 0.5) is 0 Å². The average molecular weight is 515 g/mol. The van der Waals surface area contributed by atoms with Crippen LogP contribution in [0.5, 0.6) is 0 Å². The minimum atomic E-state index is -1.15. The number of hydrogen-bond donors (Lipinski definition) is 2. The van der Waals surface area contributed by atoms with Gasteiger partial charge in [0.1, 0.15) is 22.1 Å². The van der Waals surface area contributed by atoms with E-state index in [1.165, 1.54) is 46.0 Å². The standard InChI is InChI=1S/C18H19ClN6O4S3/c1-8(4-24-5-11(19)3-20-24)14(26)21-12-15(27)25-13(17(28)29)10(6-30-16(12)25)7-31-18-23-22-9(2)32-18/h3,5,8,12,16H,4,6-7H2,1-2H3,(H,21,26)(H,28,29)/t8-,12+,16+/m1/s1. The third-order valence-electron chi connectivity index (χ3n) is 4.94. The number of aromatic nitrogens is 4. The third kappa shape index (κ3) is 4.65. The highest BCUT2D eigenvalue weighted by Crippen LogP contribution is 2.41. The molecule has 2 amide bonds. The van der Waals surface area contributed by atoms with Crippen LogP contribution in [-0.2, 0) is 20.9 Å². The maximum atomic E-state index is 12.8. The van der Waals surface area contributed by atoms with Crippen molar-refractivity contribution in [1.82, 2.24) is 30.2 Å². The van der Waals surface area contributed by atoms with E-state index in [9.17, 15) is 19.5 Å². The van der Waals surface area contributed by atoms with Crippen molar-refractivity contribution in [3.63, 3.8) is 0 Å². The van der Waals surface area contributed by atoms with Gasteiger partial charge < -0.3 is 10.4 Å². The molecule has 2 aliphatic heterocycles. The number of halogens is 1. The molecular formula is C18H19ClN6O4S3. The zero-order valence-corrected chi connectivity index (χ0v) is 20.2. The van der Waals surface area contributed by atoms with Crippen molar-refractivity contribution >= 4 is 64.2 Å². The van der Waals surface area contributed by atoms with E-state index < -0.39 is 29.2 Å². The molecule has 2 aliphatic rings. The Balaban J connectivity index is 1.41. The van der Waals surface area contributed by atoms with Crippen molar-refractivity contribution in [2.45, 2.75) is 36.1 Å². The summed E-state index contributed by atoms with van der Waals surface area (Å²) in [4.78, 5) is 38.6. The lowest BCUT2D eigenvalue weighted by Gasteiger charge is -2.49. The number of fused-ring (bicyclic) bond motifs is 1. The Morgan fingerprint density at radius 2 is 2.22 bits per heavy atom. The number of nitrogens with one attached hydrogen (secondary N) is 1. The number of amides is 2. The minimum absolute atomic E-state index is 0.00258. The minimum Gasteiger partial charge on any atom is -0.477 e. The summed E-state index contributed by atoms with van der Waals surface area (Å²) in [6.07, 6.45) is 3.10. The maximum absolute atomic E-state index is 12.8. The quantitative estimate of drug-likeness (QED) is 0.400. The Bertz CT molecular complexity index is 1100. The number of carboxylic acid groups (broad SMARTS) is 1. The summed E-state index contributed by atoms with van der Waals surface area (Å²) in [5.41, 5.74) is 0.649. The van der Waals surface area contributed by atoms with Crippen molar-refractivity contribution in [3.8, 4) is 0 Å². The molecule has 0 unspecified atom stereocenters. The summed E-state index contributed by atoms with van der Waals surface area (Å²) in [6.45, 7) is 3.89. The predicted molar refractivity (Wildman–Crippen MR) is 121 cm³/mol. The number of thioether (sulfide) groups is 2. The van der Waals surface area contributed by atoms with Gasteiger partial charge in [0.15, 0.2) is 4.34 Å². The van der Waals surface area contributed by atoms with Crippen LogP contribution in [0.2, 0.25) is 5.02 Å². The first-order chi connectivity index (χ1) is 15.2. The fourth-order valence-electron chi connectivity index (χ4n) is 3.38. The van der Waals surface area contributed by atoms with Crippen LogP contribution in [-0.4, -0.2) is 70.7 Å². The summed E-state index contributed by atoms with van der Waals surface area (Å²) in [6, 6.07) is -0.759. The van der Waals surface area contributed by atoms with E-state index in [1.54, 1.807) is 17.8 Å². The van der Waals surface area contributed by atoms with E-state index in [1.807, 2.05) is 6.92 Å². The van der Waals surface area contributed by atoms with Crippen molar-refractivity contribution in [2.75, 3.05) is 11.5 Å². The molecule has 14 heteroatoms. The first-order valence-corrected chi connectivity index (χ1v) is 12.8. The molecule has 0 radical (unpaired) electrons. The number of aliphatic carboxylic acids is 1. The van der Waals surface area contributed by atoms with Crippen molar-refractivity contribution in [1.29, 1.82) is 0 Å². The van der Waals surface area contributed by atoms with Gasteiger partial charge in [0, 0.05) is 17.7 Å². The Hall–Kier alpha value is -2.09. The van der Waals surface area contributed by atoms with E-state index in [0.29, 0.717) is 28.6 Å². The number of carbonyl (C=O) groups excluding carboxylic acids is 2. The summed E-state index contributed by atoms with van der Waals surface area (Å²) >= 11 is 10.1. The smallest absolute Gasteiger partial charge is 0.352 e. The van der Waals surface area contributed by atoms with Gasteiger partial charge >= 0.3 is 5.97 Å². The molecule has 2 N–H and O–H groups in total. The van der Waals surface area contributed by atoms with Crippen LogP contribution in [0.3, 0.4) is 0 Å². The highest BCUT2D eigenvalue weighted by atomic mass is 35.5. The predicted octanol–water partition coefficient (Wildman–Crippen LogP) is 1.86. The Morgan fingerprint density at radius 3 is 2.84 bits per heavy atom. The zero-order chi connectivity index (χ0) is 23.0. The number of rotatable bonds is 8. The fraction of sp³-hybridized carbons (Fsp3) is 0.444. The Labute approximate surface area is 200 Å². The number of β-lactam (4-membered cyclic amide) rings is 1. The van der Waals surface area contributed by atoms with Gasteiger partial charge in [-0.3, -0.25) is 19.2 Å². The normalized spacial score (nSPS) is 21.2. The first-order valence-electron chi connectivity index (χ1n) is 9.56. The van der Waals surface area contributed by atoms with Gasteiger partial charge in [0.05, 0.1) is 23.7 Å². The number of aryl methyl sites for hydroxylation is 1. The van der Waals surface area contributed by atoms with Crippen LogP contribution in [0.1, 0.15) is 11.9 Å². The summed E-state index contributed by atoms with van der Waals surface area (Å²) < 4.78 is 2.31. The molecule has 2 aromatic heterocycles. The molecule has 170 valence electrons. The molecule has 0 aromatic carbocycles. The molecule has 1 saturated heterocycles. The molecule has 4 heterocycles.